The van der Waals surface area contributed by atoms with Crippen LogP contribution < -0.4 is 5.32 Å². The summed E-state index contributed by atoms with van der Waals surface area (Å²) in [5, 5.41) is 3.54. The maximum absolute atomic E-state index is 6.06. The highest BCUT2D eigenvalue weighted by atomic mass is 16.5. The van der Waals surface area contributed by atoms with E-state index < -0.39 is 0 Å². The van der Waals surface area contributed by atoms with Crippen LogP contribution in [0.15, 0.2) is 0 Å². The second-order valence-corrected chi connectivity index (χ2v) is 6.16. The predicted octanol–water partition coefficient (Wildman–Crippen LogP) is 2.74. The van der Waals surface area contributed by atoms with Crippen molar-refractivity contribution in [3.63, 3.8) is 0 Å². The van der Waals surface area contributed by atoms with Crippen molar-refractivity contribution in [2.75, 3.05) is 26.9 Å². The van der Waals surface area contributed by atoms with E-state index in [4.69, 9.17) is 9.47 Å². The van der Waals surface area contributed by atoms with Gasteiger partial charge >= 0.3 is 0 Å². The number of ether oxygens (including phenoxy) is 2. The fraction of sp³-hybridized carbons (Fsp3) is 1.00. The zero-order valence-corrected chi connectivity index (χ0v) is 12.0. The summed E-state index contributed by atoms with van der Waals surface area (Å²) in [4.78, 5) is 0. The van der Waals surface area contributed by atoms with Crippen molar-refractivity contribution < 1.29 is 9.47 Å². The van der Waals surface area contributed by atoms with Gasteiger partial charge < -0.3 is 14.8 Å². The maximum Gasteiger partial charge on any atom is 0.0694 e. The van der Waals surface area contributed by atoms with Crippen LogP contribution in [0.2, 0.25) is 0 Å². The number of hydrogen-bond donors (Lipinski definition) is 1. The van der Waals surface area contributed by atoms with Crippen LogP contribution in [0.1, 0.15) is 52.9 Å². The minimum atomic E-state index is 0.173. The van der Waals surface area contributed by atoms with E-state index in [0.717, 1.165) is 32.6 Å². The molecule has 0 atom stereocenters. The van der Waals surface area contributed by atoms with Crippen LogP contribution in [0.5, 0.6) is 0 Å². The first-order valence-electron chi connectivity index (χ1n) is 6.85. The largest absolute Gasteiger partial charge is 0.385 e. The van der Waals surface area contributed by atoms with E-state index >= 15 is 0 Å². The van der Waals surface area contributed by atoms with E-state index in [2.05, 4.69) is 26.1 Å². The molecular weight excluding hydrogens is 214 g/mol. The van der Waals surface area contributed by atoms with Gasteiger partial charge in [0, 0.05) is 25.9 Å². The van der Waals surface area contributed by atoms with Crippen LogP contribution in [-0.2, 0) is 9.47 Å². The minimum absolute atomic E-state index is 0.173. The molecule has 0 saturated heterocycles. The van der Waals surface area contributed by atoms with Crippen molar-refractivity contribution in [2.24, 2.45) is 0 Å². The van der Waals surface area contributed by atoms with Gasteiger partial charge in [-0.1, -0.05) is 0 Å². The summed E-state index contributed by atoms with van der Waals surface area (Å²) in [7, 11) is 1.74. The molecule has 17 heavy (non-hydrogen) atoms. The lowest BCUT2D eigenvalue weighted by Gasteiger charge is -2.42. The standard InChI is InChI=1S/C14H29NO2/c1-13(2,3)15-10-9-14(7-5-8-14)17-12-6-11-16-4/h15H,5-12H2,1-4H3. The fourth-order valence-corrected chi connectivity index (χ4v) is 2.19. The quantitative estimate of drug-likeness (QED) is 0.665. The lowest BCUT2D eigenvalue weighted by molar-refractivity contribution is -0.108. The van der Waals surface area contributed by atoms with E-state index in [-0.39, 0.29) is 11.1 Å². The first kappa shape index (κ1) is 14.9. The Bertz CT molecular complexity index is 207. The molecule has 1 aliphatic rings. The molecule has 0 aromatic heterocycles. The van der Waals surface area contributed by atoms with Gasteiger partial charge in [-0.3, -0.25) is 0 Å². The van der Waals surface area contributed by atoms with E-state index in [1.807, 2.05) is 0 Å². The molecule has 0 radical (unpaired) electrons. The van der Waals surface area contributed by atoms with E-state index in [0.29, 0.717) is 0 Å². The van der Waals surface area contributed by atoms with Crippen molar-refractivity contribution >= 4 is 0 Å². The summed E-state index contributed by atoms with van der Waals surface area (Å²) in [5.41, 5.74) is 0.382. The Hall–Kier alpha value is -0.120. The van der Waals surface area contributed by atoms with Crippen LogP contribution in [-0.4, -0.2) is 38.0 Å². The molecular formula is C14H29NO2. The third-order valence-electron chi connectivity index (χ3n) is 3.40. The summed E-state index contributed by atoms with van der Waals surface area (Å²) in [6, 6.07) is 0. The lowest BCUT2D eigenvalue weighted by Crippen LogP contribution is -2.45. The molecule has 0 amide bonds. The first-order valence-corrected chi connectivity index (χ1v) is 6.85. The van der Waals surface area contributed by atoms with E-state index in [1.54, 1.807) is 7.11 Å². The third-order valence-corrected chi connectivity index (χ3v) is 3.40. The molecule has 1 fully saturated rings. The summed E-state index contributed by atoms with van der Waals surface area (Å²) in [6.45, 7) is 9.31. The maximum atomic E-state index is 6.06. The molecule has 0 spiro atoms. The van der Waals surface area contributed by atoms with Crippen LogP contribution in [0.4, 0.5) is 0 Å². The van der Waals surface area contributed by atoms with Crippen LogP contribution in [0, 0.1) is 0 Å². The molecule has 0 bridgehead atoms. The second-order valence-electron chi connectivity index (χ2n) is 6.16. The van der Waals surface area contributed by atoms with Crippen molar-refractivity contribution in [1.29, 1.82) is 0 Å². The van der Waals surface area contributed by atoms with Crippen LogP contribution in [0.25, 0.3) is 0 Å². The summed E-state index contributed by atoms with van der Waals surface area (Å²) in [5.74, 6) is 0. The molecule has 1 rings (SSSR count). The zero-order valence-electron chi connectivity index (χ0n) is 12.0. The molecule has 0 aromatic carbocycles. The third kappa shape index (κ3) is 5.84. The highest BCUT2D eigenvalue weighted by Crippen LogP contribution is 2.38. The van der Waals surface area contributed by atoms with Gasteiger partial charge in [0.05, 0.1) is 5.60 Å². The number of hydrogen-bond acceptors (Lipinski definition) is 3. The highest BCUT2D eigenvalue weighted by Gasteiger charge is 2.37. The monoisotopic (exact) mass is 243 g/mol. The first-order chi connectivity index (χ1) is 7.97. The molecule has 0 heterocycles. The minimum Gasteiger partial charge on any atom is -0.385 e. The molecule has 102 valence electrons. The van der Waals surface area contributed by atoms with Gasteiger partial charge in [-0.05, 0) is 59.4 Å². The molecule has 3 nitrogen and oxygen atoms in total. The molecule has 0 aromatic rings. The second kappa shape index (κ2) is 6.72. The molecule has 1 saturated carbocycles. The zero-order chi connectivity index (χ0) is 12.8. The van der Waals surface area contributed by atoms with Gasteiger partial charge in [-0.25, -0.2) is 0 Å². The lowest BCUT2D eigenvalue weighted by atomic mass is 9.77. The van der Waals surface area contributed by atoms with Crippen molar-refractivity contribution in [1.82, 2.24) is 5.32 Å². The van der Waals surface area contributed by atoms with Crippen molar-refractivity contribution in [2.45, 2.75) is 64.0 Å². The molecule has 1 aliphatic carbocycles. The topological polar surface area (TPSA) is 30.5 Å². The Morgan fingerprint density at radius 2 is 1.88 bits per heavy atom. The Kier molecular flexibility index (Phi) is 5.90. The SMILES string of the molecule is COCCCOC1(CCNC(C)(C)C)CCC1. The fourth-order valence-electron chi connectivity index (χ4n) is 2.19. The van der Waals surface area contributed by atoms with Gasteiger partial charge in [-0.2, -0.15) is 0 Å². The Labute approximate surface area is 106 Å². The highest BCUT2D eigenvalue weighted by molar-refractivity contribution is 4.91. The number of methoxy groups -OCH3 is 1. The smallest absolute Gasteiger partial charge is 0.0694 e. The molecule has 0 unspecified atom stereocenters. The molecule has 0 aliphatic heterocycles. The van der Waals surface area contributed by atoms with Crippen LogP contribution >= 0.6 is 0 Å². The molecule has 3 heteroatoms. The van der Waals surface area contributed by atoms with Crippen LogP contribution in [0.3, 0.4) is 0 Å². The predicted molar refractivity (Wildman–Crippen MR) is 71.4 cm³/mol. The number of nitrogens with one attached hydrogen (secondary N) is 1. The summed E-state index contributed by atoms with van der Waals surface area (Å²) >= 11 is 0. The van der Waals surface area contributed by atoms with Gasteiger partial charge in [-0.15, -0.1) is 0 Å². The Morgan fingerprint density at radius 3 is 2.35 bits per heavy atom. The summed E-state index contributed by atoms with van der Waals surface area (Å²) in [6.07, 6.45) is 5.92. The van der Waals surface area contributed by atoms with Gasteiger partial charge in [0.2, 0.25) is 0 Å². The van der Waals surface area contributed by atoms with Gasteiger partial charge in [0.15, 0.2) is 0 Å². The van der Waals surface area contributed by atoms with Crippen molar-refractivity contribution in [3.8, 4) is 0 Å². The average Bonchev–Trinajstić information content (AvgIpc) is 2.17. The summed E-state index contributed by atoms with van der Waals surface area (Å²) < 4.78 is 11.1. The average molecular weight is 243 g/mol. The number of rotatable bonds is 8. The normalized spacial score (nSPS) is 19.1. The Balaban J connectivity index is 2.17. The van der Waals surface area contributed by atoms with Gasteiger partial charge in [0.1, 0.15) is 0 Å². The molecule has 1 N–H and O–H groups in total. The Morgan fingerprint density at radius 1 is 1.18 bits per heavy atom. The van der Waals surface area contributed by atoms with Crippen molar-refractivity contribution in [3.05, 3.63) is 0 Å². The van der Waals surface area contributed by atoms with E-state index in [1.165, 1.54) is 19.3 Å². The van der Waals surface area contributed by atoms with Gasteiger partial charge in [0.25, 0.3) is 0 Å². The van der Waals surface area contributed by atoms with E-state index in [9.17, 15) is 0 Å².